The molecule has 5 heteroatoms. The predicted molar refractivity (Wildman–Crippen MR) is 85.0 cm³/mol. The van der Waals surface area contributed by atoms with E-state index in [0.29, 0.717) is 17.8 Å². The van der Waals surface area contributed by atoms with Crippen LogP contribution in [0, 0.1) is 0 Å². The van der Waals surface area contributed by atoms with Gasteiger partial charge in [-0.25, -0.2) is 0 Å². The van der Waals surface area contributed by atoms with Gasteiger partial charge in [0.2, 0.25) is 5.91 Å². The molecule has 0 aliphatic carbocycles. The molecule has 2 aromatic carbocycles. The summed E-state index contributed by atoms with van der Waals surface area (Å²) < 4.78 is 1.50. The summed E-state index contributed by atoms with van der Waals surface area (Å²) in [6.07, 6.45) is 0.337. The van der Waals surface area contributed by atoms with Gasteiger partial charge in [-0.3, -0.25) is 4.79 Å². The first kappa shape index (κ1) is 14.1. The molecule has 0 heterocycles. The summed E-state index contributed by atoms with van der Waals surface area (Å²) >= 11 is 6.77. The summed E-state index contributed by atoms with van der Waals surface area (Å²) in [6.45, 7) is 0. The molecule has 0 spiro atoms. The first-order valence-corrected chi connectivity index (χ1v) is 7.23. The monoisotopic (exact) mass is 382 g/mol. The van der Waals surface area contributed by atoms with Crippen LogP contribution < -0.4 is 11.1 Å². The first-order valence-electron chi connectivity index (χ1n) is 5.64. The van der Waals surface area contributed by atoms with E-state index in [1.807, 2.05) is 30.3 Å². The molecule has 0 aliphatic rings. The largest absolute Gasteiger partial charge is 0.399 e. The highest BCUT2D eigenvalue weighted by atomic mass is 79.9. The fraction of sp³-hybridized carbons (Fsp3) is 0.0714. The zero-order valence-corrected chi connectivity index (χ0v) is 13.2. The molecule has 0 saturated carbocycles. The molecule has 19 heavy (non-hydrogen) atoms. The Morgan fingerprint density at radius 3 is 2.26 bits per heavy atom. The summed E-state index contributed by atoms with van der Waals surface area (Å²) in [4.78, 5) is 12.0. The van der Waals surface area contributed by atoms with Gasteiger partial charge in [-0.1, -0.05) is 30.3 Å². The van der Waals surface area contributed by atoms with E-state index in [1.165, 1.54) is 0 Å². The minimum absolute atomic E-state index is 0.0719. The number of carbonyl (C=O) groups is 1. The number of hydrogen-bond donors (Lipinski definition) is 2. The molecule has 0 aromatic heterocycles. The van der Waals surface area contributed by atoms with Crippen molar-refractivity contribution in [1.29, 1.82) is 0 Å². The minimum Gasteiger partial charge on any atom is -0.399 e. The van der Waals surface area contributed by atoms with E-state index < -0.39 is 0 Å². The Bertz CT molecular complexity index is 577. The molecule has 0 aliphatic heterocycles. The van der Waals surface area contributed by atoms with Crippen LogP contribution >= 0.6 is 31.9 Å². The second kappa shape index (κ2) is 6.21. The van der Waals surface area contributed by atoms with Crippen LogP contribution in [0.25, 0.3) is 0 Å². The van der Waals surface area contributed by atoms with E-state index in [0.717, 1.165) is 14.5 Å². The molecule has 1 amide bonds. The second-order valence-corrected chi connectivity index (χ2v) is 5.78. The van der Waals surface area contributed by atoms with E-state index in [1.54, 1.807) is 12.1 Å². The molecule has 0 fully saturated rings. The van der Waals surface area contributed by atoms with Gasteiger partial charge in [0.1, 0.15) is 0 Å². The van der Waals surface area contributed by atoms with Crippen LogP contribution in [0.5, 0.6) is 0 Å². The number of rotatable bonds is 3. The first-order chi connectivity index (χ1) is 9.06. The van der Waals surface area contributed by atoms with Gasteiger partial charge >= 0.3 is 0 Å². The van der Waals surface area contributed by atoms with Crippen LogP contribution in [-0.4, -0.2) is 5.91 Å². The normalized spacial score (nSPS) is 10.2. The number of benzene rings is 2. The number of halogens is 2. The van der Waals surface area contributed by atoms with Gasteiger partial charge in [0, 0.05) is 14.6 Å². The molecule has 0 unspecified atom stereocenters. The fourth-order valence-corrected chi connectivity index (χ4v) is 3.10. The lowest BCUT2D eigenvalue weighted by atomic mass is 10.1. The van der Waals surface area contributed by atoms with E-state index in [4.69, 9.17) is 5.73 Å². The van der Waals surface area contributed by atoms with E-state index >= 15 is 0 Å². The van der Waals surface area contributed by atoms with Gasteiger partial charge in [-0.2, -0.15) is 0 Å². The van der Waals surface area contributed by atoms with E-state index in [9.17, 15) is 4.79 Å². The van der Waals surface area contributed by atoms with Gasteiger partial charge in [-0.15, -0.1) is 0 Å². The number of nitrogens with one attached hydrogen (secondary N) is 1. The highest BCUT2D eigenvalue weighted by molar-refractivity contribution is 9.11. The van der Waals surface area contributed by atoms with Crippen LogP contribution in [0.2, 0.25) is 0 Å². The van der Waals surface area contributed by atoms with Gasteiger partial charge in [0.15, 0.2) is 0 Å². The second-order valence-electron chi connectivity index (χ2n) is 4.07. The van der Waals surface area contributed by atoms with Gasteiger partial charge in [0.25, 0.3) is 0 Å². The molecule has 3 N–H and O–H groups in total. The van der Waals surface area contributed by atoms with Crippen molar-refractivity contribution in [3.05, 3.63) is 57.0 Å². The van der Waals surface area contributed by atoms with Crippen molar-refractivity contribution >= 4 is 49.1 Å². The molecule has 2 rings (SSSR count). The number of anilines is 2. The average molecular weight is 384 g/mol. The molecule has 0 bridgehead atoms. The summed E-state index contributed by atoms with van der Waals surface area (Å²) in [7, 11) is 0. The SMILES string of the molecule is Nc1cc(Br)c(NC(=O)Cc2ccccc2)c(Br)c1. The molecule has 98 valence electrons. The summed E-state index contributed by atoms with van der Waals surface area (Å²) in [6, 6.07) is 13.1. The smallest absolute Gasteiger partial charge is 0.228 e. The van der Waals surface area contributed by atoms with Crippen molar-refractivity contribution in [2.75, 3.05) is 11.1 Å². The number of nitrogen functional groups attached to an aromatic ring is 1. The zero-order valence-electron chi connectivity index (χ0n) is 9.99. The average Bonchev–Trinajstić information content (AvgIpc) is 2.35. The van der Waals surface area contributed by atoms with Gasteiger partial charge in [-0.05, 0) is 49.6 Å². The van der Waals surface area contributed by atoms with Crippen molar-refractivity contribution in [2.24, 2.45) is 0 Å². The number of carbonyl (C=O) groups excluding carboxylic acids is 1. The highest BCUT2D eigenvalue weighted by Crippen LogP contribution is 2.33. The number of hydrogen-bond acceptors (Lipinski definition) is 2. The lowest BCUT2D eigenvalue weighted by Crippen LogP contribution is -2.15. The third-order valence-electron chi connectivity index (χ3n) is 2.54. The minimum atomic E-state index is -0.0719. The van der Waals surface area contributed by atoms with Gasteiger partial charge in [0.05, 0.1) is 12.1 Å². The van der Waals surface area contributed by atoms with Crippen molar-refractivity contribution < 1.29 is 4.79 Å². The predicted octanol–water partition coefficient (Wildman–Crippen LogP) is 3.98. The van der Waals surface area contributed by atoms with E-state index in [2.05, 4.69) is 37.2 Å². The Labute approximate surface area is 128 Å². The zero-order chi connectivity index (χ0) is 13.8. The number of amides is 1. The van der Waals surface area contributed by atoms with Crippen LogP contribution in [-0.2, 0) is 11.2 Å². The molecule has 0 radical (unpaired) electrons. The fourth-order valence-electron chi connectivity index (χ4n) is 1.68. The third-order valence-corrected chi connectivity index (χ3v) is 3.79. The molecular formula is C14H12Br2N2O. The van der Waals surface area contributed by atoms with Gasteiger partial charge < -0.3 is 11.1 Å². The van der Waals surface area contributed by atoms with Crippen molar-refractivity contribution in [3.8, 4) is 0 Å². The number of nitrogens with two attached hydrogens (primary N) is 1. The summed E-state index contributed by atoms with van der Waals surface area (Å²) in [5.74, 6) is -0.0719. The Balaban J connectivity index is 2.12. The lowest BCUT2D eigenvalue weighted by Gasteiger charge is -2.10. The molecular weight excluding hydrogens is 372 g/mol. The molecule has 0 atom stereocenters. The highest BCUT2D eigenvalue weighted by Gasteiger charge is 2.10. The summed E-state index contributed by atoms with van der Waals surface area (Å²) in [5, 5.41) is 2.87. The maximum absolute atomic E-state index is 12.0. The lowest BCUT2D eigenvalue weighted by molar-refractivity contribution is -0.115. The molecule has 3 nitrogen and oxygen atoms in total. The van der Waals surface area contributed by atoms with Crippen LogP contribution in [0.4, 0.5) is 11.4 Å². The summed E-state index contributed by atoms with van der Waals surface area (Å²) in [5.41, 5.74) is 8.00. The van der Waals surface area contributed by atoms with Crippen molar-refractivity contribution in [1.82, 2.24) is 0 Å². The standard InChI is InChI=1S/C14H12Br2N2O/c15-11-7-10(17)8-12(16)14(11)18-13(19)6-9-4-2-1-3-5-9/h1-5,7-8H,6,17H2,(H,18,19). The topological polar surface area (TPSA) is 55.1 Å². The molecule has 0 saturated heterocycles. The van der Waals surface area contributed by atoms with Crippen molar-refractivity contribution in [3.63, 3.8) is 0 Å². The Hall–Kier alpha value is -1.33. The van der Waals surface area contributed by atoms with Crippen LogP contribution in [0.1, 0.15) is 5.56 Å². The Kier molecular flexibility index (Phi) is 4.61. The molecule has 2 aromatic rings. The quantitative estimate of drug-likeness (QED) is 0.787. The Morgan fingerprint density at radius 1 is 1.11 bits per heavy atom. The van der Waals surface area contributed by atoms with Crippen LogP contribution in [0.15, 0.2) is 51.4 Å². The maximum Gasteiger partial charge on any atom is 0.228 e. The third kappa shape index (κ3) is 3.81. The Morgan fingerprint density at radius 2 is 1.68 bits per heavy atom. The van der Waals surface area contributed by atoms with E-state index in [-0.39, 0.29) is 5.91 Å². The van der Waals surface area contributed by atoms with Crippen molar-refractivity contribution in [2.45, 2.75) is 6.42 Å². The van der Waals surface area contributed by atoms with Crippen LogP contribution in [0.3, 0.4) is 0 Å². The maximum atomic E-state index is 12.0.